The fraction of sp³-hybridized carbons (Fsp3) is 0.875. The maximum atomic E-state index is 11.2. The van der Waals surface area contributed by atoms with Crippen molar-refractivity contribution >= 4 is 17.7 Å². The molecule has 4 nitrogen and oxygen atoms in total. The number of carbonyl (C=O) groups excluding carboxylic acids is 1. The Morgan fingerprint density at radius 3 is 2.62 bits per heavy atom. The van der Waals surface area contributed by atoms with Crippen LogP contribution in [0.4, 0.5) is 0 Å². The molecule has 0 aliphatic rings. The predicted octanol–water partition coefficient (Wildman–Crippen LogP) is 0.116. The molecule has 0 aliphatic heterocycles. The first-order valence-corrected chi connectivity index (χ1v) is 5.22. The Hall–Kier alpha value is -0.260. The molecule has 0 rings (SSSR count). The van der Waals surface area contributed by atoms with Gasteiger partial charge in [0, 0.05) is 11.0 Å². The van der Waals surface area contributed by atoms with E-state index >= 15 is 0 Å². The summed E-state index contributed by atoms with van der Waals surface area (Å²) in [6.07, 6.45) is 0. The first kappa shape index (κ1) is 12.7. The van der Waals surface area contributed by atoms with E-state index in [1.807, 2.05) is 20.8 Å². The standard InChI is InChI=1S/C8H18N2O2S/c1-6(4-11)13-5-8(2,3)7(12)10-9/h6,11H,4-5,9H2,1-3H3,(H,10,12). The second-order valence-electron chi connectivity index (χ2n) is 3.66. The summed E-state index contributed by atoms with van der Waals surface area (Å²) < 4.78 is 0. The van der Waals surface area contributed by atoms with Gasteiger partial charge in [-0.3, -0.25) is 10.2 Å². The fourth-order valence-electron chi connectivity index (χ4n) is 0.664. The number of aliphatic hydroxyl groups excluding tert-OH is 1. The number of nitrogens with two attached hydrogens (primary N) is 1. The quantitative estimate of drug-likeness (QED) is 0.339. The summed E-state index contributed by atoms with van der Waals surface area (Å²) >= 11 is 1.56. The van der Waals surface area contributed by atoms with E-state index in [1.165, 1.54) is 0 Å². The van der Waals surface area contributed by atoms with Crippen molar-refractivity contribution in [1.29, 1.82) is 0 Å². The van der Waals surface area contributed by atoms with E-state index in [0.29, 0.717) is 5.75 Å². The second-order valence-corrected chi connectivity index (χ2v) is 5.09. The summed E-state index contributed by atoms with van der Waals surface area (Å²) in [4.78, 5) is 11.2. The minimum absolute atomic E-state index is 0.130. The number of thioether (sulfide) groups is 1. The third-order valence-electron chi connectivity index (χ3n) is 1.73. The molecule has 78 valence electrons. The number of hydrazine groups is 1. The molecule has 0 heterocycles. The Morgan fingerprint density at radius 2 is 2.23 bits per heavy atom. The maximum Gasteiger partial charge on any atom is 0.240 e. The molecule has 0 saturated carbocycles. The highest BCUT2D eigenvalue weighted by Gasteiger charge is 2.27. The van der Waals surface area contributed by atoms with Crippen LogP contribution in [0.25, 0.3) is 0 Å². The summed E-state index contributed by atoms with van der Waals surface area (Å²) in [6.45, 7) is 5.70. The van der Waals surface area contributed by atoms with Crippen LogP contribution in [-0.4, -0.2) is 28.6 Å². The summed E-state index contributed by atoms with van der Waals surface area (Å²) in [6, 6.07) is 0. The highest BCUT2D eigenvalue weighted by molar-refractivity contribution is 7.99. The molecule has 1 amide bonds. The van der Waals surface area contributed by atoms with Gasteiger partial charge in [-0.15, -0.1) is 0 Å². The van der Waals surface area contributed by atoms with Crippen LogP contribution in [0.5, 0.6) is 0 Å². The van der Waals surface area contributed by atoms with Crippen LogP contribution in [0.2, 0.25) is 0 Å². The van der Waals surface area contributed by atoms with Crippen LogP contribution >= 0.6 is 11.8 Å². The molecule has 0 bridgehead atoms. The van der Waals surface area contributed by atoms with E-state index in [0.717, 1.165) is 0 Å². The molecule has 0 aromatic carbocycles. The molecule has 5 heteroatoms. The van der Waals surface area contributed by atoms with Gasteiger partial charge in [-0.05, 0) is 0 Å². The number of carbonyl (C=O) groups is 1. The topological polar surface area (TPSA) is 75.3 Å². The Kier molecular flexibility index (Phi) is 5.36. The van der Waals surface area contributed by atoms with Gasteiger partial charge in [-0.1, -0.05) is 20.8 Å². The SMILES string of the molecule is CC(CO)SCC(C)(C)C(=O)NN. The van der Waals surface area contributed by atoms with Gasteiger partial charge in [0.2, 0.25) is 5.91 Å². The zero-order valence-corrected chi connectivity index (χ0v) is 9.15. The van der Waals surface area contributed by atoms with Crippen molar-refractivity contribution in [2.45, 2.75) is 26.0 Å². The van der Waals surface area contributed by atoms with E-state index in [4.69, 9.17) is 10.9 Å². The maximum absolute atomic E-state index is 11.2. The normalized spacial score (nSPS) is 13.9. The fourth-order valence-corrected chi connectivity index (χ4v) is 1.60. The first-order valence-electron chi connectivity index (χ1n) is 4.17. The summed E-state index contributed by atoms with van der Waals surface area (Å²) in [5.74, 6) is 5.51. The van der Waals surface area contributed by atoms with Gasteiger partial charge in [0.25, 0.3) is 0 Å². The molecule has 0 radical (unpaired) electrons. The van der Waals surface area contributed by atoms with Gasteiger partial charge in [0.1, 0.15) is 0 Å². The van der Waals surface area contributed by atoms with Gasteiger partial charge in [0.05, 0.1) is 12.0 Å². The first-order chi connectivity index (χ1) is 5.94. The van der Waals surface area contributed by atoms with Crippen LogP contribution in [0, 0.1) is 5.41 Å². The van der Waals surface area contributed by atoms with E-state index in [9.17, 15) is 4.79 Å². The Labute approximate surface area is 83.2 Å². The number of aliphatic hydroxyl groups is 1. The number of hydrogen-bond acceptors (Lipinski definition) is 4. The monoisotopic (exact) mass is 206 g/mol. The van der Waals surface area contributed by atoms with Gasteiger partial charge >= 0.3 is 0 Å². The van der Waals surface area contributed by atoms with Crippen LogP contribution in [0.15, 0.2) is 0 Å². The summed E-state index contributed by atoms with van der Waals surface area (Å²) in [7, 11) is 0. The minimum Gasteiger partial charge on any atom is -0.395 e. The van der Waals surface area contributed by atoms with Crippen molar-refractivity contribution in [2.75, 3.05) is 12.4 Å². The zero-order valence-electron chi connectivity index (χ0n) is 8.33. The summed E-state index contributed by atoms with van der Waals surface area (Å²) in [5, 5.41) is 8.94. The summed E-state index contributed by atoms with van der Waals surface area (Å²) in [5.41, 5.74) is 1.65. The molecule has 4 N–H and O–H groups in total. The lowest BCUT2D eigenvalue weighted by molar-refractivity contribution is -0.128. The molecule has 0 aromatic rings. The second kappa shape index (κ2) is 5.47. The zero-order chi connectivity index (χ0) is 10.5. The van der Waals surface area contributed by atoms with Crippen molar-refractivity contribution in [2.24, 2.45) is 11.3 Å². The van der Waals surface area contributed by atoms with Crippen molar-refractivity contribution in [1.82, 2.24) is 5.43 Å². The van der Waals surface area contributed by atoms with Gasteiger partial charge in [0.15, 0.2) is 0 Å². The molecular formula is C8H18N2O2S. The number of nitrogens with one attached hydrogen (secondary N) is 1. The Bertz CT molecular complexity index is 174. The molecule has 0 saturated heterocycles. The number of hydrogen-bond donors (Lipinski definition) is 3. The molecule has 13 heavy (non-hydrogen) atoms. The third kappa shape index (κ3) is 4.50. The molecular weight excluding hydrogens is 188 g/mol. The molecule has 0 aliphatic carbocycles. The van der Waals surface area contributed by atoms with Crippen LogP contribution < -0.4 is 11.3 Å². The van der Waals surface area contributed by atoms with E-state index < -0.39 is 5.41 Å². The predicted molar refractivity (Wildman–Crippen MR) is 55.1 cm³/mol. The van der Waals surface area contributed by atoms with Crippen molar-refractivity contribution in [3.8, 4) is 0 Å². The van der Waals surface area contributed by atoms with Crippen molar-refractivity contribution < 1.29 is 9.90 Å². The molecule has 0 fully saturated rings. The van der Waals surface area contributed by atoms with Crippen LogP contribution in [-0.2, 0) is 4.79 Å². The molecule has 0 aromatic heterocycles. The van der Waals surface area contributed by atoms with Crippen LogP contribution in [0.1, 0.15) is 20.8 Å². The highest BCUT2D eigenvalue weighted by atomic mass is 32.2. The molecule has 1 unspecified atom stereocenters. The molecule has 0 spiro atoms. The van der Waals surface area contributed by atoms with Gasteiger partial charge in [-0.2, -0.15) is 11.8 Å². The Morgan fingerprint density at radius 1 is 1.69 bits per heavy atom. The van der Waals surface area contributed by atoms with Crippen LogP contribution in [0.3, 0.4) is 0 Å². The van der Waals surface area contributed by atoms with Gasteiger partial charge < -0.3 is 5.11 Å². The third-order valence-corrected chi connectivity index (χ3v) is 3.34. The number of amides is 1. The molecule has 1 atom stereocenters. The average Bonchev–Trinajstić information content (AvgIpc) is 2.12. The van der Waals surface area contributed by atoms with Crippen molar-refractivity contribution in [3.05, 3.63) is 0 Å². The minimum atomic E-state index is -0.483. The van der Waals surface area contributed by atoms with Crippen molar-refractivity contribution in [3.63, 3.8) is 0 Å². The lowest BCUT2D eigenvalue weighted by Gasteiger charge is -2.22. The smallest absolute Gasteiger partial charge is 0.240 e. The Balaban J connectivity index is 3.95. The lowest BCUT2D eigenvalue weighted by Crippen LogP contribution is -2.42. The highest BCUT2D eigenvalue weighted by Crippen LogP contribution is 2.24. The number of rotatable bonds is 5. The van der Waals surface area contributed by atoms with Gasteiger partial charge in [-0.25, -0.2) is 5.84 Å². The lowest BCUT2D eigenvalue weighted by atomic mass is 9.96. The van der Waals surface area contributed by atoms with E-state index in [-0.39, 0.29) is 17.8 Å². The van der Waals surface area contributed by atoms with E-state index in [1.54, 1.807) is 11.8 Å². The average molecular weight is 206 g/mol. The van der Waals surface area contributed by atoms with E-state index in [2.05, 4.69) is 5.43 Å². The largest absolute Gasteiger partial charge is 0.395 e.